The Bertz CT molecular complexity index is 352. The smallest absolute Gasteiger partial charge is 0.254 e. The van der Waals surface area contributed by atoms with Crippen molar-refractivity contribution < 1.29 is 9.36 Å². The molecule has 3 nitrogen and oxygen atoms in total. The van der Waals surface area contributed by atoms with E-state index in [0.29, 0.717) is 16.3 Å². The first-order valence-corrected chi connectivity index (χ1v) is 4.46. The molecule has 0 aliphatic heterocycles. The number of hydrogen-bond donors (Lipinski definition) is 2. The molecule has 0 saturated heterocycles. The molecule has 5 heteroatoms. The van der Waals surface area contributed by atoms with Gasteiger partial charge in [-0.15, -0.1) is 12.6 Å². The standard InChI is InChI=1S/C8H8N2OS2/c9-8(11)6-2-1-3-10(4-6)5-7(12)13/h1-4H,5H2,(H2-,9,11,12,13)/p+1. The van der Waals surface area contributed by atoms with E-state index in [1.165, 1.54) is 0 Å². The number of aromatic nitrogens is 1. The van der Waals surface area contributed by atoms with Crippen LogP contribution >= 0.6 is 24.8 Å². The van der Waals surface area contributed by atoms with Crippen molar-refractivity contribution in [1.29, 1.82) is 0 Å². The molecule has 0 spiro atoms. The summed E-state index contributed by atoms with van der Waals surface area (Å²) in [5.74, 6) is -0.445. The fourth-order valence-corrected chi connectivity index (χ4v) is 1.23. The number of thiocarbonyl (C=S) groups is 1. The largest absolute Gasteiger partial charge is 0.365 e. The van der Waals surface area contributed by atoms with Gasteiger partial charge in [-0.3, -0.25) is 4.79 Å². The Hall–Kier alpha value is -0.940. The molecule has 0 unspecified atom stereocenters. The normalized spacial score (nSPS) is 9.62. The molecule has 0 atom stereocenters. The van der Waals surface area contributed by atoms with Gasteiger partial charge in [0, 0.05) is 6.07 Å². The summed E-state index contributed by atoms with van der Waals surface area (Å²) in [6.45, 7) is 0.500. The minimum Gasteiger partial charge on any atom is -0.365 e. The third kappa shape index (κ3) is 3.12. The summed E-state index contributed by atoms with van der Waals surface area (Å²) in [6.07, 6.45) is 3.44. The van der Waals surface area contributed by atoms with Gasteiger partial charge in [0.2, 0.25) is 0 Å². The van der Waals surface area contributed by atoms with Crippen molar-refractivity contribution >= 4 is 35.0 Å². The monoisotopic (exact) mass is 213 g/mol. The predicted octanol–water partition coefficient (Wildman–Crippen LogP) is 0.330. The Balaban J connectivity index is 2.91. The summed E-state index contributed by atoms with van der Waals surface area (Å²) in [5, 5.41) is 0. The average molecular weight is 213 g/mol. The van der Waals surface area contributed by atoms with Gasteiger partial charge in [-0.1, -0.05) is 12.2 Å². The van der Waals surface area contributed by atoms with Crippen LogP contribution in [0.25, 0.3) is 0 Å². The van der Waals surface area contributed by atoms with E-state index in [-0.39, 0.29) is 0 Å². The lowest BCUT2D eigenvalue weighted by Crippen LogP contribution is -2.36. The number of carbonyl (C=O) groups is 1. The van der Waals surface area contributed by atoms with Crippen molar-refractivity contribution in [3.63, 3.8) is 0 Å². The molecule has 68 valence electrons. The van der Waals surface area contributed by atoms with Crippen LogP contribution in [0, 0.1) is 0 Å². The average Bonchev–Trinajstić information content (AvgIpc) is 2.03. The van der Waals surface area contributed by atoms with E-state index in [1.54, 1.807) is 29.1 Å². The van der Waals surface area contributed by atoms with Crippen LogP contribution in [0.1, 0.15) is 10.4 Å². The Kier molecular flexibility index (Phi) is 3.39. The first kappa shape index (κ1) is 10.1. The number of pyridine rings is 1. The molecule has 0 aliphatic rings. The van der Waals surface area contributed by atoms with Crippen LogP contribution in [0.15, 0.2) is 24.5 Å². The third-order valence-electron chi connectivity index (χ3n) is 1.46. The van der Waals surface area contributed by atoms with E-state index in [4.69, 9.17) is 18.0 Å². The van der Waals surface area contributed by atoms with Crippen LogP contribution in [0.3, 0.4) is 0 Å². The number of rotatable bonds is 3. The maximum absolute atomic E-state index is 10.8. The van der Waals surface area contributed by atoms with E-state index < -0.39 is 5.91 Å². The highest BCUT2D eigenvalue weighted by atomic mass is 32.1. The molecule has 1 aromatic rings. The van der Waals surface area contributed by atoms with Crippen molar-refractivity contribution in [1.82, 2.24) is 0 Å². The lowest BCUT2D eigenvalue weighted by atomic mass is 10.3. The third-order valence-corrected chi connectivity index (χ3v) is 1.73. The molecule has 1 heterocycles. The van der Waals surface area contributed by atoms with Crippen LogP contribution in [-0.4, -0.2) is 10.1 Å². The molecule has 0 aromatic carbocycles. The zero-order chi connectivity index (χ0) is 9.84. The Labute approximate surface area is 87.0 Å². The van der Waals surface area contributed by atoms with E-state index in [0.717, 1.165) is 0 Å². The molecule has 13 heavy (non-hydrogen) atoms. The second-order valence-electron chi connectivity index (χ2n) is 2.52. The first-order chi connectivity index (χ1) is 6.09. The van der Waals surface area contributed by atoms with Gasteiger partial charge in [-0.25, -0.2) is 0 Å². The first-order valence-electron chi connectivity index (χ1n) is 3.60. The van der Waals surface area contributed by atoms with Crippen molar-refractivity contribution in [2.45, 2.75) is 6.54 Å². The van der Waals surface area contributed by atoms with Gasteiger partial charge < -0.3 is 5.73 Å². The minimum atomic E-state index is -0.445. The molecule has 2 N–H and O–H groups in total. The number of primary amides is 1. The fourth-order valence-electron chi connectivity index (χ4n) is 0.922. The molecule has 0 bridgehead atoms. The number of amides is 1. The SMILES string of the molecule is NC(=O)c1ccc[n+](CC(=S)S)c1. The zero-order valence-corrected chi connectivity index (χ0v) is 8.52. The van der Waals surface area contributed by atoms with Gasteiger partial charge in [-0.2, -0.15) is 4.57 Å². The molecule has 0 fully saturated rings. The number of nitrogens with zero attached hydrogens (tertiary/aromatic N) is 1. The van der Waals surface area contributed by atoms with Crippen molar-refractivity contribution in [3.8, 4) is 0 Å². The highest BCUT2D eigenvalue weighted by Gasteiger charge is 2.07. The second-order valence-corrected chi connectivity index (χ2v) is 3.86. The molecule has 0 saturated carbocycles. The number of thiol groups is 1. The van der Waals surface area contributed by atoms with Crippen molar-refractivity contribution in [2.24, 2.45) is 5.73 Å². The van der Waals surface area contributed by atoms with Gasteiger partial charge >= 0.3 is 0 Å². The number of nitrogens with two attached hydrogens (primary N) is 1. The van der Waals surface area contributed by atoms with Crippen LogP contribution in [0.2, 0.25) is 0 Å². The Morgan fingerprint density at radius 3 is 2.92 bits per heavy atom. The molecule has 0 radical (unpaired) electrons. The lowest BCUT2D eigenvalue weighted by Gasteiger charge is -1.95. The maximum Gasteiger partial charge on any atom is 0.254 e. The topological polar surface area (TPSA) is 47.0 Å². The highest BCUT2D eigenvalue weighted by Crippen LogP contribution is 1.92. The lowest BCUT2D eigenvalue weighted by molar-refractivity contribution is -0.681. The molecule has 1 rings (SSSR count). The van der Waals surface area contributed by atoms with Gasteiger partial charge in [0.15, 0.2) is 18.9 Å². The quantitative estimate of drug-likeness (QED) is 0.432. The maximum atomic E-state index is 10.8. The van der Waals surface area contributed by atoms with Gasteiger partial charge in [0.05, 0.1) is 0 Å². The molecular weight excluding hydrogens is 204 g/mol. The van der Waals surface area contributed by atoms with Crippen LogP contribution in [0.5, 0.6) is 0 Å². The van der Waals surface area contributed by atoms with Crippen LogP contribution in [0.4, 0.5) is 0 Å². The highest BCUT2D eigenvalue weighted by molar-refractivity contribution is 8.11. The van der Waals surface area contributed by atoms with Gasteiger partial charge in [0.25, 0.3) is 5.91 Å². The second kappa shape index (κ2) is 4.34. The van der Waals surface area contributed by atoms with Gasteiger partial charge in [-0.05, 0) is 6.07 Å². The Morgan fingerprint density at radius 2 is 2.38 bits per heavy atom. The summed E-state index contributed by atoms with van der Waals surface area (Å²) >= 11 is 8.80. The summed E-state index contributed by atoms with van der Waals surface area (Å²) < 4.78 is 2.32. The summed E-state index contributed by atoms with van der Waals surface area (Å²) in [7, 11) is 0. The minimum absolute atomic E-state index is 0.445. The van der Waals surface area contributed by atoms with Crippen molar-refractivity contribution in [3.05, 3.63) is 30.1 Å². The number of carbonyl (C=O) groups excluding carboxylic acids is 1. The van der Waals surface area contributed by atoms with E-state index in [2.05, 4.69) is 12.6 Å². The van der Waals surface area contributed by atoms with Crippen LogP contribution < -0.4 is 10.3 Å². The molecular formula is C8H9N2OS2+. The fraction of sp³-hybridized carbons (Fsp3) is 0.125. The van der Waals surface area contributed by atoms with Crippen LogP contribution in [-0.2, 0) is 6.54 Å². The Morgan fingerprint density at radius 1 is 1.69 bits per heavy atom. The van der Waals surface area contributed by atoms with E-state index in [9.17, 15) is 4.79 Å². The number of hydrogen-bond acceptors (Lipinski definition) is 2. The zero-order valence-electron chi connectivity index (χ0n) is 6.80. The summed E-state index contributed by atoms with van der Waals surface area (Å²) in [4.78, 5) is 10.8. The summed E-state index contributed by atoms with van der Waals surface area (Å²) in [5.41, 5.74) is 5.57. The molecule has 1 amide bonds. The molecule has 1 aromatic heterocycles. The van der Waals surface area contributed by atoms with Gasteiger partial charge in [0.1, 0.15) is 9.76 Å². The predicted molar refractivity (Wildman–Crippen MR) is 56.7 cm³/mol. The van der Waals surface area contributed by atoms with Crippen molar-refractivity contribution in [2.75, 3.05) is 0 Å². The van der Waals surface area contributed by atoms with E-state index in [1.807, 2.05) is 0 Å². The summed E-state index contributed by atoms with van der Waals surface area (Å²) in [6, 6.07) is 3.40. The molecule has 0 aliphatic carbocycles. The van der Waals surface area contributed by atoms with E-state index >= 15 is 0 Å².